The number of amides is 1. The zero-order valence-electron chi connectivity index (χ0n) is 12.5. The third kappa shape index (κ3) is 3.71. The van der Waals surface area contributed by atoms with E-state index in [1.807, 2.05) is 12.1 Å². The molecule has 1 aromatic carbocycles. The number of nitrogens with zero attached hydrogens (tertiary/aromatic N) is 1. The highest BCUT2D eigenvalue weighted by atomic mass is 32.1. The van der Waals surface area contributed by atoms with Gasteiger partial charge in [0.15, 0.2) is 5.13 Å². The summed E-state index contributed by atoms with van der Waals surface area (Å²) in [6.07, 6.45) is 7.86. The molecule has 1 aliphatic carbocycles. The predicted molar refractivity (Wildman–Crippen MR) is 90.3 cm³/mol. The van der Waals surface area contributed by atoms with Crippen LogP contribution in [0.15, 0.2) is 29.1 Å². The summed E-state index contributed by atoms with van der Waals surface area (Å²) in [5.41, 5.74) is 0.633. The molecule has 1 heterocycles. The minimum Gasteiger partial charge on any atom is -0.302 e. The maximum Gasteiger partial charge on any atom is 0.245 e. The summed E-state index contributed by atoms with van der Waals surface area (Å²) in [7, 11) is 0. The molecule has 116 valence electrons. The number of carbonyl (C=O) groups is 1. The number of benzene rings is 1. The van der Waals surface area contributed by atoms with E-state index < -0.39 is 0 Å². The highest BCUT2D eigenvalue weighted by molar-refractivity contribution is 7.13. The number of rotatable bonds is 4. The number of fused-ring (bicyclic) bond motifs is 1. The highest BCUT2D eigenvalue weighted by Crippen LogP contribution is 2.27. The normalized spacial score (nSPS) is 15.8. The molecule has 0 aliphatic heterocycles. The van der Waals surface area contributed by atoms with Gasteiger partial charge < -0.3 is 5.32 Å². The van der Waals surface area contributed by atoms with Crippen LogP contribution < -0.4 is 10.1 Å². The summed E-state index contributed by atoms with van der Waals surface area (Å²) < 4.78 is -0.0619. The summed E-state index contributed by atoms with van der Waals surface area (Å²) >= 11 is 0.998. The Morgan fingerprint density at radius 1 is 1.23 bits per heavy atom. The summed E-state index contributed by atoms with van der Waals surface area (Å²) in [5, 5.41) is 3.79. The first-order valence-corrected chi connectivity index (χ1v) is 8.74. The van der Waals surface area contributed by atoms with E-state index in [0.717, 1.165) is 17.8 Å². The molecule has 1 amide bonds. The van der Waals surface area contributed by atoms with Crippen LogP contribution in [0.1, 0.15) is 44.9 Å². The van der Waals surface area contributed by atoms with E-state index in [2.05, 4.69) is 10.3 Å². The van der Waals surface area contributed by atoms with Crippen molar-refractivity contribution in [3.63, 3.8) is 0 Å². The Labute approximate surface area is 133 Å². The van der Waals surface area contributed by atoms with E-state index >= 15 is 0 Å². The van der Waals surface area contributed by atoms with Gasteiger partial charge in [-0.1, -0.05) is 55.6 Å². The molecule has 1 saturated carbocycles. The number of hydrogen-bond acceptors (Lipinski definition) is 4. The minimum atomic E-state index is -0.0619. The molecule has 4 nitrogen and oxygen atoms in total. The van der Waals surface area contributed by atoms with Crippen molar-refractivity contribution in [2.45, 2.75) is 44.9 Å². The first kappa shape index (κ1) is 15.2. The number of anilines is 1. The van der Waals surface area contributed by atoms with Gasteiger partial charge in [-0.15, -0.1) is 0 Å². The van der Waals surface area contributed by atoms with Crippen LogP contribution in [-0.4, -0.2) is 10.9 Å². The molecule has 2 aromatic rings. The number of carbonyl (C=O) groups excluding carboxylic acids is 1. The maximum absolute atomic E-state index is 12.1. The largest absolute Gasteiger partial charge is 0.302 e. The Bertz CT molecular complexity index is 720. The summed E-state index contributed by atoms with van der Waals surface area (Å²) in [6.45, 7) is 0. The van der Waals surface area contributed by atoms with Crippen LogP contribution in [0.25, 0.3) is 10.9 Å². The Hall–Kier alpha value is -1.75. The lowest BCUT2D eigenvalue weighted by Crippen LogP contribution is -2.16. The monoisotopic (exact) mass is 316 g/mol. The van der Waals surface area contributed by atoms with Gasteiger partial charge in [0.1, 0.15) is 0 Å². The van der Waals surface area contributed by atoms with Crippen molar-refractivity contribution in [3.8, 4) is 0 Å². The fourth-order valence-corrected chi connectivity index (χ4v) is 3.83. The standard InChI is InChI=1S/C17H20N2O2S/c20-15(11-10-12-6-2-1-3-7-12)19-17-18-14-9-5-4-8-13(14)16(21)22-17/h4-5,8-9,12H,1-3,6-7,10-11H2,(H,18,19,20). The van der Waals surface area contributed by atoms with Gasteiger partial charge in [-0.3, -0.25) is 9.59 Å². The average Bonchev–Trinajstić information content (AvgIpc) is 2.54. The van der Waals surface area contributed by atoms with Crippen molar-refractivity contribution in [2.75, 3.05) is 5.32 Å². The topological polar surface area (TPSA) is 59.1 Å². The van der Waals surface area contributed by atoms with Crippen molar-refractivity contribution >= 4 is 33.3 Å². The molecule has 22 heavy (non-hydrogen) atoms. The second kappa shape index (κ2) is 7.01. The zero-order chi connectivity index (χ0) is 15.4. The van der Waals surface area contributed by atoms with E-state index in [-0.39, 0.29) is 10.6 Å². The Balaban J connectivity index is 1.62. The molecule has 1 N–H and O–H groups in total. The second-order valence-corrected chi connectivity index (χ2v) is 6.88. The smallest absolute Gasteiger partial charge is 0.245 e. The fourth-order valence-electron chi connectivity index (χ4n) is 3.07. The molecule has 0 spiro atoms. The number of hydrogen-bond donors (Lipinski definition) is 1. The van der Waals surface area contributed by atoms with Gasteiger partial charge in [-0.05, 0) is 24.5 Å². The molecular weight excluding hydrogens is 296 g/mol. The van der Waals surface area contributed by atoms with Crippen molar-refractivity contribution in [2.24, 2.45) is 5.92 Å². The molecule has 1 fully saturated rings. The second-order valence-electron chi connectivity index (χ2n) is 5.91. The highest BCUT2D eigenvalue weighted by Gasteiger charge is 2.15. The van der Waals surface area contributed by atoms with E-state index in [1.165, 1.54) is 32.1 Å². The fraction of sp³-hybridized carbons (Fsp3) is 0.471. The molecule has 0 saturated heterocycles. The third-order valence-electron chi connectivity index (χ3n) is 4.29. The zero-order valence-corrected chi connectivity index (χ0v) is 13.3. The quantitative estimate of drug-likeness (QED) is 0.929. The number of aromatic nitrogens is 1. The molecule has 1 aliphatic rings. The van der Waals surface area contributed by atoms with Gasteiger partial charge in [0, 0.05) is 6.42 Å². The maximum atomic E-state index is 12.1. The minimum absolute atomic E-state index is 0.0380. The summed E-state index contributed by atoms with van der Waals surface area (Å²) in [5.74, 6) is 0.645. The van der Waals surface area contributed by atoms with E-state index in [9.17, 15) is 9.59 Å². The van der Waals surface area contributed by atoms with Gasteiger partial charge in [0.25, 0.3) is 0 Å². The Morgan fingerprint density at radius 2 is 2.00 bits per heavy atom. The van der Waals surface area contributed by atoms with Gasteiger partial charge in [-0.25, -0.2) is 4.98 Å². The van der Waals surface area contributed by atoms with Crippen molar-refractivity contribution in [3.05, 3.63) is 33.8 Å². The molecular formula is C17H20N2O2S. The first-order chi connectivity index (χ1) is 10.7. The number of para-hydroxylation sites is 1. The van der Waals surface area contributed by atoms with Gasteiger partial charge >= 0.3 is 0 Å². The lowest BCUT2D eigenvalue weighted by Gasteiger charge is -2.20. The molecule has 1 aromatic heterocycles. The van der Waals surface area contributed by atoms with Crippen LogP contribution in [0.5, 0.6) is 0 Å². The average molecular weight is 316 g/mol. The lowest BCUT2D eigenvalue weighted by atomic mass is 9.86. The summed E-state index contributed by atoms with van der Waals surface area (Å²) in [4.78, 5) is 28.4. The SMILES string of the molecule is O=C(CCC1CCCCC1)Nc1nc2ccccc2c(=O)s1. The molecule has 3 rings (SSSR count). The van der Waals surface area contributed by atoms with Gasteiger partial charge in [-0.2, -0.15) is 0 Å². The van der Waals surface area contributed by atoms with Crippen molar-refractivity contribution in [1.29, 1.82) is 0 Å². The van der Waals surface area contributed by atoms with Gasteiger partial charge in [0.2, 0.25) is 10.6 Å². The first-order valence-electron chi connectivity index (χ1n) is 7.92. The van der Waals surface area contributed by atoms with Crippen molar-refractivity contribution in [1.82, 2.24) is 4.98 Å². The number of nitrogens with one attached hydrogen (secondary N) is 1. The third-order valence-corrected chi connectivity index (χ3v) is 5.08. The van der Waals surface area contributed by atoms with Crippen LogP contribution in [0, 0.1) is 5.92 Å². The molecule has 0 atom stereocenters. The molecule has 0 bridgehead atoms. The van der Waals surface area contributed by atoms with E-state index in [1.54, 1.807) is 12.1 Å². The van der Waals surface area contributed by atoms with E-state index in [0.29, 0.717) is 28.4 Å². The molecule has 0 unspecified atom stereocenters. The molecule has 0 radical (unpaired) electrons. The van der Waals surface area contributed by atoms with Crippen LogP contribution in [0.3, 0.4) is 0 Å². The van der Waals surface area contributed by atoms with Crippen LogP contribution in [0.2, 0.25) is 0 Å². The van der Waals surface area contributed by atoms with Crippen LogP contribution in [0.4, 0.5) is 5.13 Å². The molecule has 5 heteroatoms. The Morgan fingerprint density at radius 3 is 2.82 bits per heavy atom. The Kier molecular flexibility index (Phi) is 4.83. The van der Waals surface area contributed by atoms with Crippen LogP contribution in [-0.2, 0) is 4.79 Å². The van der Waals surface area contributed by atoms with Gasteiger partial charge in [0.05, 0.1) is 10.9 Å². The van der Waals surface area contributed by atoms with E-state index in [4.69, 9.17) is 0 Å². The predicted octanol–water partition coefficient (Wildman–Crippen LogP) is 3.96. The van der Waals surface area contributed by atoms with Crippen molar-refractivity contribution < 1.29 is 4.79 Å². The van der Waals surface area contributed by atoms with Crippen LogP contribution >= 0.6 is 11.3 Å². The summed E-state index contributed by atoms with van der Waals surface area (Å²) in [6, 6.07) is 7.21. The lowest BCUT2D eigenvalue weighted by molar-refractivity contribution is -0.116.